The van der Waals surface area contributed by atoms with Crippen LogP contribution in [0, 0.1) is 11.6 Å². The van der Waals surface area contributed by atoms with Crippen LogP contribution in [0.3, 0.4) is 0 Å². The minimum Gasteiger partial charge on any atom is -0.313 e. The van der Waals surface area contributed by atoms with Crippen LogP contribution in [-0.2, 0) is 6.42 Å². The second-order valence-corrected chi connectivity index (χ2v) is 6.23. The van der Waals surface area contributed by atoms with Gasteiger partial charge < -0.3 is 5.32 Å². The summed E-state index contributed by atoms with van der Waals surface area (Å²) in [5.41, 5.74) is 1.38. The van der Waals surface area contributed by atoms with E-state index in [-0.39, 0.29) is 10.5 Å². The lowest BCUT2D eigenvalue weighted by Gasteiger charge is -2.18. The van der Waals surface area contributed by atoms with Crippen LogP contribution in [0.4, 0.5) is 8.78 Å². The number of rotatable bonds is 4. The first-order valence-electron chi connectivity index (χ1n) is 6.07. The van der Waals surface area contributed by atoms with Crippen molar-refractivity contribution in [1.82, 2.24) is 5.32 Å². The molecular weight excluding hydrogens is 392 g/mol. The number of benzene rings is 2. The third kappa shape index (κ3) is 3.65. The SMILES string of the molecule is CNC(Cc1ccc(Br)cc1)c1cc(F)c(Br)cc1F. The molecule has 0 fully saturated rings. The van der Waals surface area contributed by atoms with Gasteiger partial charge in [0.05, 0.1) is 4.47 Å². The first-order chi connectivity index (χ1) is 9.51. The summed E-state index contributed by atoms with van der Waals surface area (Å²) >= 11 is 6.36. The van der Waals surface area contributed by atoms with Crippen LogP contribution in [0.15, 0.2) is 45.3 Å². The van der Waals surface area contributed by atoms with Gasteiger partial charge in [0.1, 0.15) is 11.6 Å². The van der Waals surface area contributed by atoms with Gasteiger partial charge in [0.25, 0.3) is 0 Å². The molecule has 0 amide bonds. The van der Waals surface area contributed by atoms with E-state index in [1.807, 2.05) is 24.3 Å². The summed E-state index contributed by atoms with van der Waals surface area (Å²) in [6.07, 6.45) is 0.585. The summed E-state index contributed by atoms with van der Waals surface area (Å²) in [6.45, 7) is 0. The van der Waals surface area contributed by atoms with Gasteiger partial charge in [-0.25, -0.2) is 8.78 Å². The smallest absolute Gasteiger partial charge is 0.137 e. The molecule has 0 bridgehead atoms. The van der Waals surface area contributed by atoms with Crippen molar-refractivity contribution in [2.75, 3.05) is 7.05 Å². The molecule has 0 saturated heterocycles. The topological polar surface area (TPSA) is 12.0 Å². The van der Waals surface area contributed by atoms with E-state index in [1.165, 1.54) is 6.07 Å². The molecule has 1 nitrogen and oxygen atoms in total. The van der Waals surface area contributed by atoms with Crippen LogP contribution in [-0.4, -0.2) is 7.05 Å². The van der Waals surface area contributed by atoms with Gasteiger partial charge in [0.15, 0.2) is 0 Å². The molecule has 1 N–H and O–H groups in total. The summed E-state index contributed by atoms with van der Waals surface area (Å²) in [4.78, 5) is 0. The van der Waals surface area contributed by atoms with E-state index in [2.05, 4.69) is 37.2 Å². The Morgan fingerprint density at radius 2 is 1.70 bits per heavy atom. The van der Waals surface area contributed by atoms with E-state index in [1.54, 1.807) is 7.05 Å². The second-order valence-electron chi connectivity index (χ2n) is 4.46. The molecule has 0 aliphatic rings. The Balaban J connectivity index is 2.28. The van der Waals surface area contributed by atoms with E-state index < -0.39 is 11.6 Å². The van der Waals surface area contributed by atoms with Crippen LogP contribution in [0.2, 0.25) is 0 Å². The fourth-order valence-corrected chi connectivity index (χ4v) is 2.61. The van der Waals surface area contributed by atoms with Gasteiger partial charge in [-0.2, -0.15) is 0 Å². The highest BCUT2D eigenvalue weighted by Gasteiger charge is 2.17. The Kier molecular flexibility index (Phi) is 5.29. The highest BCUT2D eigenvalue weighted by atomic mass is 79.9. The van der Waals surface area contributed by atoms with E-state index in [0.717, 1.165) is 16.1 Å². The quantitative estimate of drug-likeness (QED) is 0.707. The predicted octanol–water partition coefficient (Wildman–Crippen LogP) is 4.99. The van der Waals surface area contributed by atoms with Gasteiger partial charge in [-0.15, -0.1) is 0 Å². The molecular formula is C15H13Br2F2N. The Hall–Kier alpha value is -0.780. The zero-order valence-electron chi connectivity index (χ0n) is 10.8. The Morgan fingerprint density at radius 3 is 2.30 bits per heavy atom. The third-order valence-electron chi connectivity index (χ3n) is 3.12. The van der Waals surface area contributed by atoms with Crippen molar-refractivity contribution in [3.8, 4) is 0 Å². The summed E-state index contributed by atoms with van der Waals surface area (Å²) in [7, 11) is 1.74. The normalized spacial score (nSPS) is 12.4. The van der Waals surface area contributed by atoms with Gasteiger partial charge in [-0.1, -0.05) is 28.1 Å². The van der Waals surface area contributed by atoms with Crippen molar-refractivity contribution < 1.29 is 8.78 Å². The van der Waals surface area contributed by atoms with Crippen LogP contribution in [0.5, 0.6) is 0 Å². The van der Waals surface area contributed by atoms with Crippen molar-refractivity contribution in [1.29, 1.82) is 0 Å². The van der Waals surface area contributed by atoms with E-state index in [4.69, 9.17) is 0 Å². The van der Waals surface area contributed by atoms with Crippen molar-refractivity contribution in [3.05, 3.63) is 68.1 Å². The molecule has 0 spiro atoms. The van der Waals surface area contributed by atoms with Gasteiger partial charge in [0, 0.05) is 16.1 Å². The highest BCUT2D eigenvalue weighted by molar-refractivity contribution is 9.10. The average Bonchev–Trinajstić information content (AvgIpc) is 2.43. The summed E-state index contributed by atoms with van der Waals surface area (Å²) in [5, 5.41) is 3.04. The molecule has 0 aliphatic heterocycles. The van der Waals surface area contributed by atoms with Crippen LogP contribution >= 0.6 is 31.9 Å². The molecule has 1 atom stereocenters. The molecule has 0 radical (unpaired) electrons. The number of nitrogens with one attached hydrogen (secondary N) is 1. The first kappa shape index (κ1) is 15.6. The summed E-state index contributed by atoms with van der Waals surface area (Å²) in [6, 6.07) is 9.90. The van der Waals surface area contributed by atoms with Crippen LogP contribution in [0.1, 0.15) is 17.2 Å². The van der Waals surface area contributed by atoms with Crippen molar-refractivity contribution in [2.45, 2.75) is 12.5 Å². The van der Waals surface area contributed by atoms with Gasteiger partial charge in [-0.05, 0) is 59.2 Å². The molecule has 0 heterocycles. The Labute approximate surface area is 133 Å². The fraction of sp³-hybridized carbons (Fsp3) is 0.200. The van der Waals surface area contributed by atoms with Crippen molar-refractivity contribution in [2.24, 2.45) is 0 Å². The molecule has 0 aromatic heterocycles. The molecule has 106 valence electrons. The van der Waals surface area contributed by atoms with Gasteiger partial charge >= 0.3 is 0 Å². The molecule has 0 aliphatic carbocycles. The van der Waals surface area contributed by atoms with Crippen LogP contribution in [0.25, 0.3) is 0 Å². The largest absolute Gasteiger partial charge is 0.313 e. The molecule has 5 heteroatoms. The summed E-state index contributed by atoms with van der Waals surface area (Å²) in [5.74, 6) is -0.882. The lowest BCUT2D eigenvalue weighted by Crippen LogP contribution is -2.20. The van der Waals surface area contributed by atoms with E-state index in [0.29, 0.717) is 12.0 Å². The number of hydrogen-bond acceptors (Lipinski definition) is 1. The third-order valence-corrected chi connectivity index (χ3v) is 4.25. The Morgan fingerprint density at radius 1 is 1.05 bits per heavy atom. The fourth-order valence-electron chi connectivity index (χ4n) is 2.03. The lowest BCUT2D eigenvalue weighted by molar-refractivity contribution is 0.521. The highest BCUT2D eigenvalue weighted by Crippen LogP contribution is 2.26. The molecule has 0 saturated carbocycles. The Bertz CT molecular complexity index is 600. The first-order valence-corrected chi connectivity index (χ1v) is 7.66. The van der Waals surface area contributed by atoms with Gasteiger partial charge in [-0.3, -0.25) is 0 Å². The molecule has 2 rings (SSSR count). The number of halogens is 4. The average molecular weight is 405 g/mol. The monoisotopic (exact) mass is 403 g/mol. The molecule has 2 aromatic rings. The maximum absolute atomic E-state index is 14.0. The van der Waals surface area contributed by atoms with E-state index in [9.17, 15) is 8.78 Å². The second kappa shape index (κ2) is 6.78. The minimum atomic E-state index is -0.461. The maximum atomic E-state index is 14.0. The van der Waals surface area contributed by atoms with E-state index >= 15 is 0 Å². The zero-order chi connectivity index (χ0) is 14.7. The van der Waals surface area contributed by atoms with Crippen molar-refractivity contribution >= 4 is 31.9 Å². The maximum Gasteiger partial charge on any atom is 0.137 e. The molecule has 1 unspecified atom stereocenters. The predicted molar refractivity (Wildman–Crippen MR) is 83.7 cm³/mol. The standard InChI is InChI=1S/C15H13Br2F2N/c1-20-15(6-9-2-4-10(16)5-3-9)11-7-14(19)12(17)8-13(11)18/h2-5,7-8,15,20H,6H2,1H3. The minimum absolute atomic E-state index is 0.136. The summed E-state index contributed by atoms with van der Waals surface area (Å²) < 4.78 is 28.7. The van der Waals surface area contributed by atoms with Crippen molar-refractivity contribution in [3.63, 3.8) is 0 Å². The van der Waals surface area contributed by atoms with Gasteiger partial charge in [0.2, 0.25) is 0 Å². The molecule has 2 aromatic carbocycles. The van der Waals surface area contributed by atoms with Crippen LogP contribution < -0.4 is 5.32 Å². The zero-order valence-corrected chi connectivity index (χ0v) is 13.9. The lowest BCUT2D eigenvalue weighted by atomic mass is 9.98. The number of hydrogen-bond donors (Lipinski definition) is 1. The number of likely N-dealkylation sites (N-methyl/N-ethyl adjacent to an activating group) is 1. The molecule has 20 heavy (non-hydrogen) atoms.